The molecule has 1 aromatic rings. The Labute approximate surface area is 98.9 Å². The van der Waals surface area contributed by atoms with E-state index in [9.17, 15) is 4.79 Å². The van der Waals surface area contributed by atoms with Gasteiger partial charge in [-0.2, -0.15) is 0 Å². The molecule has 0 bridgehead atoms. The van der Waals surface area contributed by atoms with Gasteiger partial charge in [0.15, 0.2) is 0 Å². The SMILES string of the molecule is CC(CO)C(C)NC(=O)c1cc(S)cs1. The van der Waals surface area contributed by atoms with Crippen LogP contribution in [-0.2, 0) is 0 Å². The Hall–Kier alpha value is -0.520. The molecule has 0 spiro atoms. The molecule has 1 amide bonds. The number of hydrogen-bond acceptors (Lipinski definition) is 4. The van der Waals surface area contributed by atoms with Gasteiger partial charge in [0.1, 0.15) is 0 Å². The molecule has 0 saturated heterocycles. The first-order valence-corrected chi connectivity index (χ1v) is 6.06. The summed E-state index contributed by atoms with van der Waals surface area (Å²) in [5.41, 5.74) is 0. The van der Waals surface area contributed by atoms with Gasteiger partial charge in [-0.15, -0.1) is 24.0 Å². The van der Waals surface area contributed by atoms with E-state index >= 15 is 0 Å². The molecule has 3 nitrogen and oxygen atoms in total. The van der Waals surface area contributed by atoms with Crippen LogP contribution in [-0.4, -0.2) is 23.7 Å². The third-order valence-electron chi connectivity index (χ3n) is 2.31. The largest absolute Gasteiger partial charge is 0.396 e. The average Bonchev–Trinajstić information content (AvgIpc) is 2.63. The van der Waals surface area contributed by atoms with E-state index in [2.05, 4.69) is 17.9 Å². The zero-order valence-corrected chi connectivity index (χ0v) is 10.4. The van der Waals surface area contributed by atoms with Gasteiger partial charge in [0.2, 0.25) is 0 Å². The first kappa shape index (κ1) is 12.5. The molecule has 5 heteroatoms. The highest BCUT2D eigenvalue weighted by atomic mass is 32.1. The van der Waals surface area contributed by atoms with Crippen molar-refractivity contribution in [2.75, 3.05) is 6.61 Å². The molecular formula is C10H15NO2S2. The van der Waals surface area contributed by atoms with Crippen LogP contribution in [0.1, 0.15) is 23.5 Å². The van der Waals surface area contributed by atoms with Crippen molar-refractivity contribution >= 4 is 29.9 Å². The molecule has 0 saturated carbocycles. The van der Waals surface area contributed by atoms with Crippen LogP contribution in [0.4, 0.5) is 0 Å². The molecule has 15 heavy (non-hydrogen) atoms. The summed E-state index contributed by atoms with van der Waals surface area (Å²) in [4.78, 5) is 13.1. The molecule has 2 atom stereocenters. The summed E-state index contributed by atoms with van der Waals surface area (Å²) in [6, 6.07) is 1.70. The van der Waals surface area contributed by atoms with E-state index in [1.54, 1.807) is 6.07 Å². The van der Waals surface area contributed by atoms with Gasteiger partial charge < -0.3 is 10.4 Å². The zero-order chi connectivity index (χ0) is 11.4. The summed E-state index contributed by atoms with van der Waals surface area (Å²) in [5, 5.41) is 13.6. The van der Waals surface area contributed by atoms with Crippen molar-refractivity contribution in [3.05, 3.63) is 16.3 Å². The summed E-state index contributed by atoms with van der Waals surface area (Å²) in [6.45, 7) is 3.85. The standard InChI is InChI=1S/C10H15NO2S2/c1-6(4-12)7(2)11-10(13)9-3-8(14)5-15-9/h3,5-7,12,14H,4H2,1-2H3,(H,11,13). The van der Waals surface area contributed by atoms with Gasteiger partial charge in [-0.05, 0) is 18.9 Å². The molecule has 1 heterocycles. The smallest absolute Gasteiger partial charge is 0.261 e. The van der Waals surface area contributed by atoms with Gasteiger partial charge in [-0.3, -0.25) is 4.79 Å². The van der Waals surface area contributed by atoms with E-state index in [0.717, 1.165) is 4.90 Å². The van der Waals surface area contributed by atoms with Crippen molar-refractivity contribution in [3.8, 4) is 0 Å². The second kappa shape index (κ2) is 5.53. The number of rotatable bonds is 4. The Bertz CT molecular complexity index is 338. The van der Waals surface area contributed by atoms with E-state index in [-0.39, 0.29) is 24.5 Å². The lowest BCUT2D eigenvalue weighted by atomic mass is 10.1. The molecule has 0 fully saturated rings. The number of hydrogen-bond donors (Lipinski definition) is 3. The monoisotopic (exact) mass is 245 g/mol. The van der Waals surface area contributed by atoms with Crippen molar-refractivity contribution in [2.45, 2.75) is 24.8 Å². The highest BCUT2D eigenvalue weighted by Crippen LogP contribution is 2.17. The number of aliphatic hydroxyl groups is 1. The lowest BCUT2D eigenvalue weighted by Gasteiger charge is -2.18. The van der Waals surface area contributed by atoms with Crippen LogP contribution in [0.5, 0.6) is 0 Å². The lowest BCUT2D eigenvalue weighted by Crippen LogP contribution is -2.37. The Morgan fingerprint density at radius 2 is 2.33 bits per heavy atom. The molecule has 0 aliphatic rings. The number of thiophene rings is 1. The van der Waals surface area contributed by atoms with Crippen LogP contribution in [0, 0.1) is 5.92 Å². The molecule has 0 aliphatic heterocycles. The minimum atomic E-state index is -0.104. The van der Waals surface area contributed by atoms with Crippen LogP contribution in [0.3, 0.4) is 0 Å². The Morgan fingerprint density at radius 1 is 1.67 bits per heavy atom. The fraction of sp³-hybridized carbons (Fsp3) is 0.500. The van der Waals surface area contributed by atoms with Crippen LogP contribution in [0.25, 0.3) is 0 Å². The van der Waals surface area contributed by atoms with E-state index in [1.165, 1.54) is 11.3 Å². The molecule has 0 aromatic carbocycles. The maximum atomic E-state index is 11.7. The average molecular weight is 245 g/mol. The topological polar surface area (TPSA) is 49.3 Å². The van der Waals surface area contributed by atoms with Crippen molar-refractivity contribution in [1.82, 2.24) is 5.32 Å². The van der Waals surface area contributed by atoms with Gasteiger partial charge in [0.25, 0.3) is 5.91 Å². The molecule has 84 valence electrons. The van der Waals surface area contributed by atoms with Crippen LogP contribution < -0.4 is 5.32 Å². The van der Waals surface area contributed by atoms with Crippen molar-refractivity contribution in [3.63, 3.8) is 0 Å². The number of carbonyl (C=O) groups is 1. The van der Waals surface area contributed by atoms with Crippen LogP contribution in [0.15, 0.2) is 16.3 Å². The third kappa shape index (κ3) is 3.52. The Morgan fingerprint density at radius 3 is 2.80 bits per heavy atom. The van der Waals surface area contributed by atoms with Gasteiger partial charge in [0.05, 0.1) is 4.88 Å². The normalized spacial score (nSPS) is 14.7. The molecule has 1 aromatic heterocycles. The van der Waals surface area contributed by atoms with Crippen LogP contribution in [0.2, 0.25) is 0 Å². The van der Waals surface area contributed by atoms with Crippen molar-refractivity contribution in [1.29, 1.82) is 0 Å². The molecule has 1 rings (SSSR count). The van der Waals surface area contributed by atoms with Gasteiger partial charge in [0, 0.05) is 22.9 Å². The number of thiol groups is 1. The minimum Gasteiger partial charge on any atom is -0.396 e. The summed E-state index contributed by atoms with van der Waals surface area (Å²) in [5.74, 6) is -0.0440. The fourth-order valence-electron chi connectivity index (χ4n) is 1.02. The predicted molar refractivity (Wildman–Crippen MR) is 64.7 cm³/mol. The summed E-state index contributed by atoms with van der Waals surface area (Å²) in [7, 11) is 0. The van der Waals surface area contributed by atoms with Crippen molar-refractivity contribution < 1.29 is 9.90 Å². The van der Waals surface area contributed by atoms with Crippen LogP contribution >= 0.6 is 24.0 Å². The van der Waals surface area contributed by atoms with Gasteiger partial charge in [-0.25, -0.2) is 0 Å². The Kier molecular flexibility index (Phi) is 4.63. The van der Waals surface area contributed by atoms with E-state index in [0.29, 0.717) is 4.88 Å². The lowest BCUT2D eigenvalue weighted by molar-refractivity contribution is 0.0920. The Balaban J connectivity index is 2.56. The van der Waals surface area contributed by atoms with Gasteiger partial charge >= 0.3 is 0 Å². The summed E-state index contributed by atoms with van der Waals surface area (Å²) >= 11 is 5.51. The molecule has 0 aliphatic carbocycles. The summed E-state index contributed by atoms with van der Waals surface area (Å²) < 4.78 is 0. The highest BCUT2D eigenvalue weighted by molar-refractivity contribution is 7.80. The molecule has 0 radical (unpaired) electrons. The molecular weight excluding hydrogens is 230 g/mol. The third-order valence-corrected chi connectivity index (χ3v) is 3.67. The van der Waals surface area contributed by atoms with E-state index < -0.39 is 0 Å². The van der Waals surface area contributed by atoms with E-state index in [1.807, 2.05) is 19.2 Å². The molecule has 2 N–H and O–H groups in total. The highest BCUT2D eigenvalue weighted by Gasteiger charge is 2.15. The number of aliphatic hydroxyl groups excluding tert-OH is 1. The van der Waals surface area contributed by atoms with E-state index in [4.69, 9.17) is 5.11 Å². The second-order valence-corrected chi connectivity index (χ2v) is 5.02. The fourth-order valence-corrected chi connectivity index (χ4v) is 2.07. The quantitative estimate of drug-likeness (QED) is 0.708. The second-order valence-electron chi connectivity index (χ2n) is 3.59. The maximum Gasteiger partial charge on any atom is 0.261 e. The maximum absolute atomic E-state index is 11.7. The predicted octanol–water partition coefficient (Wildman–Crippen LogP) is 1.78. The van der Waals surface area contributed by atoms with Crippen molar-refractivity contribution in [2.24, 2.45) is 5.92 Å². The number of nitrogens with one attached hydrogen (secondary N) is 1. The number of amides is 1. The first-order valence-electron chi connectivity index (χ1n) is 4.73. The minimum absolute atomic E-state index is 0.0343. The number of carbonyl (C=O) groups excluding carboxylic acids is 1. The first-order chi connectivity index (χ1) is 7.04. The summed E-state index contributed by atoms with van der Waals surface area (Å²) in [6.07, 6.45) is 0. The zero-order valence-electron chi connectivity index (χ0n) is 8.73. The molecule has 2 unspecified atom stereocenters. The van der Waals surface area contributed by atoms with Gasteiger partial charge in [-0.1, -0.05) is 6.92 Å².